The van der Waals surface area contributed by atoms with E-state index in [1.54, 1.807) is 4.90 Å². The molecule has 2 amide bonds. The van der Waals surface area contributed by atoms with Crippen LogP contribution in [0.5, 0.6) is 0 Å². The number of nitrogens with zero attached hydrogens (tertiary/aromatic N) is 2. The molecular weight excluding hydrogens is 164 g/mol. The molecule has 0 saturated carbocycles. The molecular formula is C10H11N2O. The van der Waals surface area contributed by atoms with Crippen molar-refractivity contribution in [2.75, 3.05) is 18.0 Å². The Morgan fingerprint density at radius 1 is 1.23 bits per heavy atom. The summed E-state index contributed by atoms with van der Waals surface area (Å²) in [5.74, 6) is 0. The third kappa shape index (κ3) is 1.64. The van der Waals surface area contributed by atoms with Gasteiger partial charge in [-0.2, -0.15) is 0 Å². The monoisotopic (exact) mass is 175 g/mol. The molecule has 1 fully saturated rings. The molecule has 1 saturated heterocycles. The Balaban J connectivity index is 2.20. The van der Waals surface area contributed by atoms with E-state index in [0.717, 1.165) is 18.7 Å². The summed E-state index contributed by atoms with van der Waals surface area (Å²) in [7, 11) is 0. The topological polar surface area (TPSA) is 34.4 Å². The number of benzene rings is 1. The summed E-state index contributed by atoms with van der Waals surface area (Å²) in [6.07, 6.45) is 0.959. The second-order valence-corrected chi connectivity index (χ2v) is 3.01. The zero-order chi connectivity index (χ0) is 9.10. The van der Waals surface area contributed by atoms with Crippen molar-refractivity contribution in [1.29, 1.82) is 0 Å². The maximum absolute atomic E-state index is 11.4. The van der Waals surface area contributed by atoms with Crippen LogP contribution in [0.1, 0.15) is 6.42 Å². The fourth-order valence-electron chi connectivity index (χ4n) is 1.43. The average Bonchev–Trinajstić information content (AvgIpc) is 2.20. The van der Waals surface area contributed by atoms with Gasteiger partial charge in [-0.05, 0) is 18.6 Å². The molecule has 3 nitrogen and oxygen atoms in total. The van der Waals surface area contributed by atoms with Gasteiger partial charge in [0.1, 0.15) is 0 Å². The molecule has 1 heterocycles. The fraction of sp³-hybridized carbons (Fsp3) is 0.300. The molecule has 1 aliphatic heterocycles. The van der Waals surface area contributed by atoms with Crippen LogP contribution >= 0.6 is 0 Å². The second kappa shape index (κ2) is 3.47. The van der Waals surface area contributed by atoms with Crippen LogP contribution in [0.4, 0.5) is 10.5 Å². The van der Waals surface area contributed by atoms with Crippen molar-refractivity contribution in [2.45, 2.75) is 6.42 Å². The Hall–Kier alpha value is -1.51. The lowest BCUT2D eigenvalue weighted by atomic mass is 10.2. The van der Waals surface area contributed by atoms with E-state index < -0.39 is 0 Å². The van der Waals surface area contributed by atoms with E-state index in [9.17, 15) is 4.79 Å². The summed E-state index contributed by atoms with van der Waals surface area (Å²) in [6.45, 7) is 1.45. The third-order valence-electron chi connectivity index (χ3n) is 2.09. The van der Waals surface area contributed by atoms with Gasteiger partial charge in [0, 0.05) is 18.8 Å². The molecule has 0 atom stereocenters. The zero-order valence-electron chi connectivity index (χ0n) is 7.31. The first-order chi connectivity index (χ1) is 6.38. The number of para-hydroxylation sites is 1. The molecule has 0 aromatic heterocycles. The van der Waals surface area contributed by atoms with E-state index in [1.165, 1.54) is 0 Å². The van der Waals surface area contributed by atoms with Crippen LogP contribution in [-0.2, 0) is 0 Å². The van der Waals surface area contributed by atoms with Crippen LogP contribution in [0, 0.1) is 0 Å². The van der Waals surface area contributed by atoms with E-state index in [1.807, 2.05) is 30.3 Å². The minimum atomic E-state index is -0.113. The van der Waals surface area contributed by atoms with Gasteiger partial charge in [0.2, 0.25) is 0 Å². The molecule has 0 bridgehead atoms. The number of hydrogen-bond donors (Lipinski definition) is 0. The van der Waals surface area contributed by atoms with Crippen molar-refractivity contribution in [2.24, 2.45) is 0 Å². The highest BCUT2D eigenvalue weighted by atomic mass is 16.2. The van der Waals surface area contributed by atoms with Crippen molar-refractivity contribution in [3.8, 4) is 0 Å². The lowest BCUT2D eigenvalue weighted by molar-refractivity contribution is 0.242. The number of carbonyl (C=O) groups is 1. The summed E-state index contributed by atoms with van der Waals surface area (Å²) in [6, 6.07) is 9.54. The fourth-order valence-corrected chi connectivity index (χ4v) is 1.43. The third-order valence-corrected chi connectivity index (χ3v) is 2.09. The van der Waals surface area contributed by atoms with Gasteiger partial charge < -0.3 is 0 Å². The highest BCUT2D eigenvalue weighted by molar-refractivity contribution is 5.92. The van der Waals surface area contributed by atoms with Gasteiger partial charge in [-0.1, -0.05) is 18.2 Å². The quantitative estimate of drug-likeness (QED) is 0.638. The Labute approximate surface area is 77.4 Å². The Morgan fingerprint density at radius 2 is 2.00 bits per heavy atom. The molecule has 0 N–H and O–H groups in total. The highest BCUT2D eigenvalue weighted by Gasteiger charge is 2.19. The molecule has 1 aromatic carbocycles. The van der Waals surface area contributed by atoms with Crippen LogP contribution in [0.25, 0.3) is 0 Å². The van der Waals surface area contributed by atoms with Gasteiger partial charge >= 0.3 is 6.03 Å². The van der Waals surface area contributed by atoms with Crippen LogP contribution in [0.3, 0.4) is 0 Å². The summed E-state index contributed by atoms with van der Waals surface area (Å²) >= 11 is 0. The minimum Gasteiger partial charge on any atom is -0.293 e. The van der Waals surface area contributed by atoms with Crippen LogP contribution < -0.4 is 10.2 Å². The van der Waals surface area contributed by atoms with Crippen molar-refractivity contribution < 1.29 is 4.79 Å². The maximum Gasteiger partial charge on any atom is 0.343 e. The summed E-state index contributed by atoms with van der Waals surface area (Å²) in [5.41, 5.74) is 0.941. The van der Waals surface area contributed by atoms with E-state index in [-0.39, 0.29) is 6.03 Å². The highest BCUT2D eigenvalue weighted by Crippen LogP contribution is 2.15. The summed E-state index contributed by atoms with van der Waals surface area (Å²) in [4.78, 5) is 13.1. The predicted octanol–water partition coefficient (Wildman–Crippen LogP) is 1.62. The van der Waals surface area contributed by atoms with Crippen LogP contribution in [-0.4, -0.2) is 19.1 Å². The number of anilines is 1. The number of rotatable bonds is 1. The molecule has 1 aromatic rings. The van der Waals surface area contributed by atoms with Gasteiger partial charge in [-0.15, -0.1) is 0 Å². The minimum absolute atomic E-state index is 0.113. The normalized spacial score (nSPS) is 16.9. The molecule has 0 unspecified atom stereocenters. The Kier molecular flexibility index (Phi) is 2.17. The van der Waals surface area contributed by atoms with Gasteiger partial charge in [0.05, 0.1) is 0 Å². The number of amides is 2. The predicted molar refractivity (Wildman–Crippen MR) is 50.8 cm³/mol. The van der Waals surface area contributed by atoms with Crippen molar-refractivity contribution in [3.05, 3.63) is 30.3 Å². The molecule has 0 spiro atoms. The van der Waals surface area contributed by atoms with Crippen LogP contribution in [0.15, 0.2) is 30.3 Å². The lowest BCUT2D eigenvalue weighted by Gasteiger charge is -2.25. The first-order valence-corrected chi connectivity index (χ1v) is 4.42. The standard InChI is InChI=1S/C10H11N2O/c13-10-11-7-4-8-12(10)9-5-2-1-3-6-9/h1-3,5-6H,4,7-8H2. The molecule has 1 radical (unpaired) electrons. The molecule has 0 aliphatic carbocycles. The number of urea groups is 1. The van der Waals surface area contributed by atoms with Crippen LogP contribution in [0.2, 0.25) is 0 Å². The average molecular weight is 175 g/mol. The first-order valence-electron chi connectivity index (χ1n) is 4.42. The van der Waals surface area contributed by atoms with Crippen molar-refractivity contribution >= 4 is 11.7 Å². The largest absolute Gasteiger partial charge is 0.343 e. The molecule has 67 valence electrons. The summed E-state index contributed by atoms with van der Waals surface area (Å²) in [5, 5.41) is 3.87. The van der Waals surface area contributed by atoms with E-state index in [2.05, 4.69) is 5.32 Å². The molecule has 2 rings (SSSR count). The maximum atomic E-state index is 11.4. The van der Waals surface area contributed by atoms with Gasteiger partial charge in [-0.25, -0.2) is 10.1 Å². The van der Waals surface area contributed by atoms with Crippen molar-refractivity contribution in [1.82, 2.24) is 5.32 Å². The summed E-state index contributed by atoms with van der Waals surface area (Å²) < 4.78 is 0. The second-order valence-electron chi connectivity index (χ2n) is 3.01. The molecule has 3 heteroatoms. The number of hydrogen-bond acceptors (Lipinski definition) is 1. The SMILES string of the molecule is O=C1[N]CCCN1c1ccccc1. The first kappa shape index (κ1) is 8.10. The Morgan fingerprint density at radius 3 is 2.69 bits per heavy atom. The lowest BCUT2D eigenvalue weighted by Crippen LogP contribution is -2.42. The zero-order valence-corrected chi connectivity index (χ0v) is 7.31. The van der Waals surface area contributed by atoms with E-state index >= 15 is 0 Å². The smallest absolute Gasteiger partial charge is 0.293 e. The van der Waals surface area contributed by atoms with Crippen molar-refractivity contribution in [3.63, 3.8) is 0 Å². The van der Waals surface area contributed by atoms with E-state index in [0.29, 0.717) is 6.54 Å². The van der Waals surface area contributed by atoms with Gasteiger partial charge in [-0.3, -0.25) is 4.90 Å². The molecule has 13 heavy (non-hydrogen) atoms. The van der Waals surface area contributed by atoms with E-state index in [4.69, 9.17) is 0 Å². The molecule has 1 aliphatic rings. The van der Waals surface area contributed by atoms with Gasteiger partial charge in [0.15, 0.2) is 0 Å². The Bertz CT molecular complexity index is 297. The van der Waals surface area contributed by atoms with Gasteiger partial charge in [0.25, 0.3) is 0 Å². The number of carbonyl (C=O) groups excluding carboxylic acids is 1.